The van der Waals surface area contributed by atoms with Crippen LogP contribution in [0.3, 0.4) is 0 Å². The topological polar surface area (TPSA) is 38.4 Å². The Hall–Kier alpha value is 0.230. The number of unbranched alkanes of at least 4 members (excludes halogenated alkanes) is 31. The fourth-order valence-corrected chi connectivity index (χ4v) is 7.49. The van der Waals surface area contributed by atoms with Crippen molar-refractivity contribution in [1.82, 2.24) is 0 Å². The van der Waals surface area contributed by atoms with Gasteiger partial charge in [0.15, 0.2) is 0 Å². The highest BCUT2D eigenvalue weighted by molar-refractivity contribution is 7.80. The fraction of sp³-hybridized carbons (Fsp3) is 1.00. The van der Waals surface area contributed by atoms with Crippen molar-refractivity contribution < 1.29 is 14.6 Å². The first-order valence-corrected chi connectivity index (χ1v) is 23.4. The summed E-state index contributed by atoms with van der Waals surface area (Å²) in [5.41, 5.74) is 0. The summed E-state index contributed by atoms with van der Waals surface area (Å²) in [7, 11) is 0. The Labute approximate surface area is 315 Å². The van der Waals surface area contributed by atoms with Gasteiger partial charge in [0.25, 0.3) is 0 Å². The van der Waals surface area contributed by atoms with Gasteiger partial charge in [0.2, 0.25) is 0 Å². The number of thiol groups is 1. The molecule has 49 heavy (non-hydrogen) atoms. The average Bonchev–Trinajstić information content (AvgIpc) is 3.11. The van der Waals surface area contributed by atoms with Gasteiger partial charge in [0.1, 0.15) is 0 Å². The molecule has 0 fully saturated rings. The summed E-state index contributed by atoms with van der Waals surface area (Å²) >= 11 is 4.50. The van der Waals surface area contributed by atoms with Gasteiger partial charge in [-0.05, 0) is 37.9 Å². The lowest BCUT2D eigenvalue weighted by molar-refractivity contribution is -0.414. The molecule has 4 heteroatoms. The van der Waals surface area contributed by atoms with Gasteiger partial charge < -0.3 is 9.47 Å². The second kappa shape index (κ2) is 41.0. The van der Waals surface area contributed by atoms with E-state index in [0.29, 0.717) is 13.2 Å². The van der Waals surface area contributed by atoms with Gasteiger partial charge in [-0.2, -0.15) is 17.7 Å². The van der Waals surface area contributed by atoms with E-state index in [1.807, 2.05) is 0 Å². The van der Waals surface area contributed by atoms with Crippen molar-refractivity contribution in [2.75, 3.05) is 19.0 Å². The molecule has 1 radical (unpaired) electrons. The lowest BCUT2D eigenvalue weighted by Crippen LogP contribution is -2.43. The van der Waals surface area contributed by atoms with Crippen LogP contribution in [0, 0.1) is 5.92 Å². The lowest BCUT2D eigenvalue weighted by Gasteiger charge is -2.34. The minimum atomic E-state index is -1.70. The van der Waals surface area contributed by atoms with Crippen molar-refractivity contribution in [3.8, 4) is 0 Å². The maximum absolute atomic E-state index is 14.3. The third-order valence-electron chi connectivity index (χ3n) is 10.7. The van der Waals surface area contributed by atoms with Crippen LogP contribution in [0.25, 0.3) is 0 Å². The van der Waals surface area contributed by atoms with Crippen LogP contribution in [-0.4, -0.2) is 24.9 Å². The molecule has 0 aliphatic rings. The molecular weight excluding hydrogens is 621 g/mol. The molecule has 0 heterocycles. The summed E-state index contributed by atoms with van der Waals surface area (Å²) < 4.78 is 12.5. The molecule has 0 spiro atoms. The van der Waals surface area contributed by atoms with Crippen LogP contribution < -0.4 is 0 Å². The van der Waals surface area contributed by atoms with E-state index in [2.05, 4.69) is 33.4 Å². The van der Waals surface area contributed by atoms with Crippen LogP contribution in [0.5, 0.6) is 0 Å². The molecule has 0 aliphatic heterocycles. The molecule has 0 rings (SSSR count). The van der Waals surface area contributed by atoms with Crippen LogP contribution in [0.2, 0.25) is 0 Å². The van der Waals surface area contributed by atoms with Crippen molar-refractivity contribution in [2.45, 2.75) is 264 Å². The van der Waals surface area contributed by atoms with Crippen LogP contribution >= 0.6 is 12.6 Å². The zero-order chi connectivity index (χ0) is 35.8. The minimum Gasteiger partial charge on any atom is -0.325 e. The van der Waals surface area contributed by atoms with Crippen LogP contribution in [0.4, 0.5) is 0 Å². The first kappa shape index (κ1) is 49.2. The third kappa shape index (κ3) is 35.0. The molecule has 3 nitrogen and oxygen atoms in total. The Morgan fingerprint density at radius 2 is 0.612 bits per heavy atom. The average molecular weight is 712 g/mol. The van der Waals surface area contributed by atoms with Gasteiger partial charge in [-0.3, -0.25) is 0 Å². The van der Waals surface area contributed by atoms with Crippen molar-refractivity contribution in [3.63, 3.8) is 0 Å². The standard InChI is InChI=1S/C45H91O3S/c1-4-7-10-13-16-19-22-24-26-29-32-35-39-44(40-38-43-49)45(46,47-41-36-33-30-27-21-18-15-12-9-6-3)48-42-37-34-31-28-25-23-20-17-14-11-8-5-2/h44,49H,4-43H2,1-3H3. The Morgan fingerprint density at radius 1 is 0.367 bits per heavy atom. The third-order valence-corrected chi connectivity index (χ3v) is 11.0. The van der Waals surface area contributed by atoms with Crippen LogP contribution in [0.15, 0.2) is 0 Å². The predicted molar refractivity (Wildman–Crippen MR) is 221 cm³/mol. The van der Waals surface area contributed by atoms with E-state index < -0.39 is 5.97 Å². The molecule has 0 saturated heterocycles. The van der Waals surface area contributed by atoms with Crippen LogP contribution in [0.1, 0.15) is 258 Å². The second-order valence-electron chi connectivity index (χ2n) is 15.6. The van der Waals surface area contributed by atoms with E-state index in [9.17, 15) is 5.11 Å². The van der Waals surface area contributed by atoms with Crippen molar-refractivity contribution >= 4 is 12.6 Å². The highest BCUT2D eigenvalue weighted by Gasteiger charge is 2.40. The Morgan fingerprint density at radius 3 is 0.898 bits per heavy atom. The first-order valence-electron chi connectivity index (χ1n) is 22.7. The molecule has 2 unspecified atom stereocenters. The largest absolute Gasteiger partial charge is 0.325 e. The van der Waals surface area contributed by atoms with Crippen molar-refractivity contribution in [3.05, 3.63) is 0 Å². The van der Waals surface area contributed by atoms with Gasteiger partial charge in [0, 0.05) is 5.92 Å². The molecule has 2 atom stereocenters. The van der Waals surface area contributed by atoms with E-state index in [4.69, 9.17) is 9.47 Å². The lowest BCUT2D eigenvalue weighted by atomic mass is 9.93. The maximum atomic E-state index is 14.3. The zero-order valence-corrected chi connectivity index (χ0v) is 34.9. The number of hydrogen-bond acceptors (Lipinski definition) is 3. The van der Waals surface area contributed by atoms with E-state index in [1.54, 1.807) is 0 Å². The Kier molecular flexibility index (Phi) is 41.2. The molecule has 0 saturated carbocycles. The van der Waals surface area contributed by atoms with Gasteiger partial charge >= 0.3 is 5.97 Å². The zero-order valence-electron chi connectivity index (χ0n) is 34.0. The molecule has 0 N–H and O–H groups in total. The van der Waals surface area contributed by atoms with Crippen molar-refractivity contribution in [1.29, 1.82) is 0 Å². The van der Waals surface area contributed by atoms with E-state index in [0.717, 1.165) is 57.1 Å². The van der Waals surface area contributed by atoms with Gasteiger partial charge in [-0.1, -0.05) is 226 Å². The normalized spacial score (nSPS) is 13.7. The summed E-state index contributed by atoms with van der Waals surface area (Å²) in [6.07, 6.45) is 47.5. The maximum Gasteiger partial charge on any atom is 0.315 e. The van der Waals surface area contributed by atoms with Crippen molar-refractivity contribution in [2.24, 2.45) is 5.92 Å². The monoisotopic (exact) mass is 712 g/mol. The molecule has 295 valence electrons. The van der Waals surface area contributed by atoms with E-state index in [1.165, 1.54) is 186 Å². The van der Waals surface area contributed by atoms with Gasteiger partial charge in [-0.25, -0.2) is 0 Å². The number of ether oxygens (including phenoxy) is 2. The molecule has 0 aromatic rings. The second-order valence-corrected chi connectivity index (χ2v) is 16.1. The van der Waals surface area contributed by atoms with E-state index in [-0.39, 0.29) is 5.92 Å². The summed E-state index contributed by atoms with van der Waals surface area (Å²) in [6, 6.07) is 0. The Bertz CT molecular complexity index is 602. The summed E-state index contributed by atoms with van der Waals surface area (Å²) in [5, 5.41) is 14.3. The summed E-state index contributed by atoms with van der Waals surface area (Å²) in [5.74, 6) is -0.955. The quantitative estimate of drug-likeness (QED) is 0.0388. The molecule has 0 aromatic heterocycles. The summed E-state index contributed by atoms with van der Waals surface area (Å²) in [6.45, 7) is 7.94. The van der Waals surface area contributed by atoms with Gasteiger partial charge in [0.05, 0.1) is 13.2 Å². The minimum absolute atomic E-state index is 0.0804. The van der Waals surface area contributed by atoms with Crippen LogP contribution in [-0.2, 0) is 14.6 Å². The van der Waals surface area contributed by atoms with E-state index >= 15 is 0 Å². The number of hydrogen-bond donors (Lipinski definition) is 1. The summed E-state index contributed by atoms with van der Waals surface area (Å²) in [4.78, 5) is 0. The number of rotatable bonds is 43. The van der Waals surface area contributed by atoms with Gasteiger partial charge in [-0.15, -0.1) is 0 Å². The SMILES string of the molecule is CCCCCCCCCCCCCCOC([O])(OCCCCCCCCCCCC)C(CCCS)CCCCCCCCCCCCCC. The molecule has 0 bridgehead atoms. The first-order chi connectivity index (χ1) is 24.1. The molecule has 0 aliphatic carbocycles. The predicted octanol–water partition coefficient (Wildman–Crippen LogP) is 16.1. The Balaban J connectivity index is 4.58. The highest BCUT2D eigenvalue weighted by atomic mass is 32.1. The highest BCUT2D eigenvalue weighted by Crippen LogP contribution is 2.32. The smallest absolute Gasteiger partial charge is 0.315 e. The fourth-order valence-electron chi connectivity index (χ4n) is 7.31. The molecular formula is C45H91O3S. The molecule has 0 amide bonds. The molecule has 0 aromatic carbocycles.